The van der Waals surface area contributed by atoms with Crippen molar-refractivity contribution in [3.8, 4) is 0 Å². The second-order valence-corrected chi connectivity index (χ2v) is 14.6. The molecule has 0 aromatic rings. The summed E-state index contributed by atoms with van der Waals surface area (Å²) in [5, 5.41) is 54.2. The Labute approximate surface area is 211 Å². The van der Waals surface area contributed by atoms with Crippen LogP contribution in [-0.2, 0) is 0 Å². The minimum atomic E-state index is -1.01. The van der Waals surface area contributed by atoms with Gasteiger partial charge in [0.25, 0.3) is 0 Å². The van der Waals surface area contributed by atoms with E-state index < -0.39 is 34.6 Å². The Hall–Kier alpha value is -0.720. The van der Waals surface area contributed by atoms with Gasteiger partial charge in [-0.1, -0.05) is 65.3 Å². The van der Waals surface area contributed by atoms with Gasteiger partial charge in [-0.2, -0.15) is 0 Å². The van der Waals surface area contributed by atoms with Crippen molar-refractivity contribution in [2.24, 2.45) is 50.2 Å². The quantitative estimate of drug-likeness (QED) is 0.380. The SMILES string of the molecule is CC1(C)CC2C3=CCC4C5(C)CCC(O)C(C)(CO)C5CCC4(C)C3(C)C=CC2(CO)C(O)C1O. The van der Waals surface area contributed by atoms with Crippen LogP contribution in [0.2, 0.25) is 0 Å². The molecule has 35 heavy (non-hydrogen) atoms. The summed E-state index contributed by atoms with van der Waals surface area (Å²) in [4.78, 5) is 0. The van der Waals surface area contributed by atoms with Gasteiger partial charge in [-0.25, -0.2) is 0 Å². The number of hydrogen-bond acceptors (Lipinski definition) is 5. The van der Waals surface area contributed by atoms with Gasteiger partial charge >= 0.3 is 0 Å². The molecule has 0 aliphatic heterocycles. The molecule has 5 rings (SSSR count). The largest absolute Gasteiger partial charge is 0.396 e. The number of aliphatic hydroxyl groups is 5. The summed E-state index contributed by atoms with van der Waals surface area (Å²) in [7, 11) is 0. The summed E-state index contributed by atoms with van der Waals surface area (Å²) < 4.78 is 0. The standard InChI is InChI=1S/C30H48O5/c1-25(2)15-19-18-7-8-21-26(3)11-10-22(33)27(4,16-31)20(26)9-12-29(21,6)28(18,5)13-14-30(19,17-32)24(35)23(25)34/h7,13-14,19-24,31-35H,8-12,15-17H2,1-6H3. The van der Waals surface area contributed by atoms with Gasteiger partial charge < -0.3 is 25.5 Å². The molecule has 0 saturated heterocycles. The first-order valence-corrected chi connectivity index (χ1v) is 13.8. The monoisotopic (exact) mass is 488 g/mol. The van der Waals surface area contributed by atoms with Crippen molar-refractivity contribution >= 4 is 0 Å². The van der Waals surface area contributed by atoms with Gasteiger partial charge in [0.15, 0.2) is 0 Å². The summed E-state index contributed by atoms with van der Waals surface area (Å²) in [5.41, 5.74) is -0.637. The molecule has 5 nitrogen and oxygen atoms in total. The van der Waals surface area contributed by atoms with Gasteiger partial charge in [0.05, 0.1) is 31.5 Å². The Bertz CT molecular complexity index is 941. The third-order valence-corrected chi connectivity index (χ3v) is 12.9. The van der Waals surface area contributed by atoms with Gasteiger partial charge in [0.1, 0.15) is 0 Å². The highest BCUT2D eigenvalue weighted by molar-refractivity contribution is 5.42. The molecule has 3 fully saturated rings. The van der Waals surface area contributed by atoms with Gasteiger partial charge in [-0.15, -0.1) is 0 Å². The van der Waals surface area contributed by atoms with Gasteiger partial charge in [-0.3, -0.25) is 0 Å². The predicted octanol–water partition coefficient (Wildman–Crippen LogP) is 3.83. The molecule has 11 atom stereocenters. The normalized spacial score (nSPS) is 56.8. The fourth-order valence-electron chi connectivity index (χ4n) is 10.3. The second kappa shape index (κ2) is 7.66. The van der Waals surface area contributed by atoms with Crippen LogP contribution in [0.25, 0.3) is 0 Å². The van der Waals surface area contributed by atoms with Crippen LogP contribution in [-0.4, -0.2) is 57.1 Å². The lowest BCUT2D eigenvalue weighted by Gasteiger charge is -2.70. The lowest BCUT2D eigenvalue weighted by molar-refractivity contribution is -0.210. The Kier molecular flexibility index (Phi) is 5.67. The highest BCUT2D eigenvalue weighted by atomic mass is 16.3. The molecule has 0 amide bonds. The molecule has 5 aliphatic carbocycles. The van der Waals surface area contributed by atoms with Crippen LogP contribution in [0.15, 0.2) is 23.8 Å². The molecule has 5 heteroatoms. The van der Waals surface area contributed by atoms with E-state index >= 15 is 0 Å². The lowest BCUT2D eigenvalue weighted by Crippen LogP contribution is -2.67. The molecule has 11 unspecified atom stereocenters. The molecule has 5 aliphatic rings. The van der Waals surface area contributed by atoms with Crippen molar-refractivity contribution in [2.45, 2.75) is 98.4 Å². The minimum absolute atomic E-state index is 0.00966. The molecular formula is C30H48O5. The first-order valence-electron chi connectivity index (χ1n) is 13.8. The maximum atomic E-state index is 11.3. The van der Waals surface area contributed by atoms with Crippen molar-refractivity contribution in [1.82, 2.24) is 0 Å². The van der Waals surface area contributed by atoms with Crippen molar-refractivity contribution in [1.29, 1.82) is 0 Å². The predicted molar refractivity (Wildman–Crippen MR) is 136 cm³/mol. The number of allylic oxidation sites excluding steroid dienone is 3. The molecule has 5 N–H and O–H groups in total. The second-order valence-electron chi connectivity index (χ2n) is 14.6. The van der Waals surface area contributed by atoms with E-state index in [1.54, 1.807) is 0 Å². The molecular weight excluding hydrogens is 440 g/mol. The van der Waals surface area contributed by atoms with Gasteiger partial charge in [0, 0.05) is 16.2 Å². The van der Waals surface area contributed by atoms with Crippen molar-refractivity contribution in [3.63, 3.8) is 0 Å². The number of hydrogen-bond donors (Lipinski definition) is 5. The zero-order valence-corrected chi connectivity index (χ0v) is 22.6. The number of fused-ring (bicyclic) bond motifs is 7. The van der Waals surface area contributed by atoms with Crippen molar-refractivity contribution in [3.05, 3.63) is 23.8 Å². The average molecular weight is 489 g/mol. The zero-order chi connectivity index (χ0) is 25.8. The van der Waals surface area contributed by atoms with E-state index in [1.807, 2.05) is 13.8 Å². The molecule has 3 saturated carbocycles. The Morgan fingerprint density at radius 1 is 0.829 bits per heavy atom. The van der Waals surface area contributed by atoms with E-state index in [0.29, 0.717) is 5.92 Å². The smallest absolute Gasteiger partial charge is 0.0922 e. The highest BCUT2D eigenvalue weighted by Gasteiger charge is 2.69. The molecule has 198 valence electrons. The number of rotatable bonds is 2. The van der Waals surface area contributed by atoms with Crippen LogP contribution in [0.1, 0.15) is 80.1 Å². The highest BCUT2D eigenvalue weighted by Crippen LogP contribution is 2.74. The summed E-state index contributed by atoms with van der Waals surface area (Å²) >= 11 is 0. The average Bonchev–Trinajstić information content (AvgIpc) is 2.81. The van der Waals surface area contributed by atoms with Crippen molar-refractivity contribution in [2.75, 3.05) is 13.2 Å². The van der Waals surface area contributed by atoms with E-state index in [2.05, 4.69) is 45.9 Å². The summed E-state index contributed by atoms with van der Waals surface area (Å²) in [6.45, 7) is 13.2. The maximum Gasteiger partial charge on any atom is 0.0922 e. The molecule has 0 aromatic carbocycles. The summed E-state index contributed by atoms with van der Waals surface area (Å²) in [6.07, 6.45) is 9.76. The molecule has 0 spiro atoms. The summed E-state index contributed by atoms with van der Waals surface area (Å²) in [5.74, 6) is 0.671. The Morgan fingerprint density at radius 2 is 1.51 bits per heavy atom. The van der Waals surface area contributed by atoms with Crippen LogP contribution in [0, 0.1) is 50.2 Å². The molecule has 0 heterocycles. The minimum Gasteiger partial charge on any atom is -0.396 e. The molecule has 0 bridgehead atoms. The lowest BCUT2D eigenvalue weighted by atomic mass is 9.34. The van der Waals surface area contributed by atoms with Crippen molar-refractivity contribution < 1.29 is 25.5 Å². The maximum absolute atomic E-state index is 11.3. The zero-order valence-electron chi connectivity index (χ0n) is 22.6. The van der Waals surface area contributed by atoms with E-state index in [9.17, 15) is 25.5 Å². The third-order valence-electron chi connectivity index (χ3n) is 12.9. The fourth-order valence-corrected chi connectivity index (χ4v) is 10.3. The topological polar surface area (TPSA) is 101 Å². The first kappa shape index (κ1) is 25.9. The van der Waals surface area contributed by atoms with E-state index in [4.69, 9.17) is 0 Å². The Balaban J connectivity index is 1.62. The van der Waals surface area contributed by atoms with Crippen LogP contribution < -0.4 is 0 Å². The fraction of sp³-hybridized carbons (Fsp3) is 0.867. The van der Waals surface area contributed by atoms with Crippen LogP contribution in [0.4, 0.5) is 0 Å². The van der Waals surface area contributed by atoms with Crippen LogP contribution >= 0.6 is 0 Å². The van der Waals surface area contributed by atoms with E-state index in [1.165, 1.54) is 5.57 Å². The molecule has 0 radical (unpaired) electrons. The third kappa shape index (κ3) is 2.94. The first-order chi connectivity index (χ1) is 16.2. The molecule has 0 aromatic heterocycles. The number of aliphatic hydroxyl groups excluding tert-OH is 5. The van der Waals surface area contributed by atoms with Gasteiger partial charge in [0.2, 0.25) is 0 Å². The van der Waals surface area contributed by atoms with E-state index in [-0.39, 0.29) is 41.3 Å². The summed E-state index contributed by atoms with van der Waals surface area (Å²) in [6, 6.07) is 0. The van der Waals surface area contributed by atoms with Crippen LogP contribution in [0.3, 0.4) is 0 Å². The van der Waals surface area contributed by atoms with Gasteiger partial charge in [-0.05, 0) is 72.5 Å². The van der Waals surface area contributed by atoms with E-state index in [0.717, 1.165) is 38.5 Å². The Morgan fingerprint density at radius 3 is 2.14 bits per heavy atom. The van der Waals surface area contributed by atoms with Crippen LogP contribution in [0.5, 0.6) is 0 Å².